The number of methoxy groups -OCH3 is 1. The predicted molar refractivity (Wildman–Crippen MR) is 159 cm³/mol. The minimum atomic E-state index is -4.03. The van der Waals surface area contributed by atoms with Crippen LogP contribution in [0.5, 0.6) is 5.75 Å². The van der Waals surface area contributed by atoms with Crippen molar-refractivity contribution in [3.63, 3.8) is 0 Å². The third kappa shape index (κ3) is 4.42. The summed E-state index contributed by atoms with van der Waals surface area (Å²) in [5.74, 6) is 0.652. The van der Waals surface area contributed by atoms with Gasteiger partial charge < -0.3 is 15.2 Å². The number of hydrogen-bond acceptors (Lipinski definition) is 6. The highest BCUT2D eigenvalue weighted by atomic mass is 32.2. The molecule has 1 saturated carbocycles. The molecule has 42 heavy (non-hydrogen) atoms. The summed E-state index contributed by atoms with van der Waals surface area (Å²) in [6, 6.07) is 15.2. The standard InChI is InChI=1S/C30H31N5O6S/c1-30(32-28(36)37)15-13-20(14-16-30)35-26-24(33(2)29(35)38)17-31-27-25(26)23(19-9-11-21(41-3)12-10-19)18-34(27)42(39,40)22-7-5-4-6-8-22/h4-12,17-18,20,32H,13-16H2,1-3H3,(H,36,37). The Balaban J connectivity index is 1.62. The number of carbonyl (C=O) groups is 1. The average molecular weight is 590 g/mol. The molecule has 0 saturated heterocycles. The SMILES string of the molecule is COc1ccc(-c2cn(S(=O)(=O)c3ccccc3)c3ncc4c(c23)n(C2CCC(C)(NC(=O)O)CC2)c(=O)n4C)cc1. The van der Waals surface area contributed by atoms with Crippen LogP contribution in [-0.4, -0.2) is 50.4 Å². The monoisotopic (exact) mass is 589 g/mol. The van der Waals surface area contributed by atoms with Crippen LogP contribution >= 0.6 is 0 Å². The van der Waals surface area contributed by atoms with E-state index >= 15 is 0 Å². The second-order valence-electron chi connectivity index (χ2n) is 11.0. The van der Waals surface area contributed by atoms with Crippen molar-refractivity contribution in [2.24, 2.45) is 7.05 Å². The largest absolute Gasteiger partial charge is 0.497 e. The Bertz CT molecular complexity index is 1980. The molecule has 0 aliphatic heterocycles. The van der Waals surface area contributed by atoms with E-state index in [2.05, 4.69) is 10.3 Å². The Morgan fingerprint density at radius 1 is 1.10 bits per heavy atom. The fraction of sp³-hybridized carbons (Fsp3) is 0.300. The zero-order valence-electron chi connectivity index (χ0n) is 23.4. The quantitative estimate of drug-likeness (QED) is 0.292. The number of benzene rings is 2. The summed E-state index contributed by atoms with van der Waals surface area (Å²) in [6.45, 7) is 1.88. The predicted octanol–water partition coefficient (Wildman–Crippen LogP) is 4.74. The summed E-state index contributed by atoms with van der Waals surface area (Å²) >= 11 is 0. The molecule has 11 nitrogen and oxygen atoms in total. The van der Waals surface area contributed by atoms with Crippen LogP contribution in [0.3, 0.4) is 0 Å². The Morgan fingerprint density at radius 2 is 1.76 bits per heavy atom. The third-order valence-corrected chi connectivity index (χ3v) is 10.0. The lowest BCUT2D eigenvalue weighted by Crippen LogP contribution is -2.48. The number of aryl methyl sites for hydroxylation is 1. The van der Waals surface area contributed by atoms with Gasteiger partial charge in [-0.3, -0.25) is 9.13 Å². The van der Waals surface area contributed by atoms with E-state index in [1.54, 1.807) is 61.5 Å². The van der Waals surface area contributed by atoms with Gasteiger partial charge in [-0.15, -0.1) is 0 Å². The van der Waals surface area contributed by atoms with Gasteiger partial charge in [-0.1, -0.05) is 30.3 Å². The molecule has 1 aliphatic rings. The van der Waals surface area contributed by atoms with Gasteiger partial charge >= 0.3 is 11.8 Å². The van der Waals surface area contributed by atoms with Crippen LogP contribution in [0.15, 0.2) is 76.7 Å². The molecule has 6 rings (SSSR count). The van der Waals surface area contributed by atoms with Crippen LogP contribution in [0.2, 0.25) is 0 Å². The number of amides is 1. The number of nitrogens with one attached hydrogen (secondary N) is 1. The van der Waals surface area contributed by atoms with Gasteiger partial charge in [0.15, 0.2) is 5.65 Å². The highest BCUT2D eigenvalue weighted by molar-refractivity contribution is 7.90. The van der Waals surface area contributed by atoms with E-state index in [1.165, 1.54) is 20.7 Å². The molecule has 1 amide bonds. The van der Waals surface area contributed by atoms with E-state index in [1.807, 2.05) is 19.1 Å². The minimum absolute atomic E-state index is 0.119. The Hall–Kier alpha value is -4.58. The van der Waals surface area contributed by atoms with Crippen molar-refractivity contribution < 1.29 is 23.1 Å². The molecule has 0 atom stereocenters. The summed E-state index contributed by atoms with van der Waals surface area (Å²) < 4.78 is 37.6. The first-order valence-electron chi connectivity index (χ1n) is 13.6. The smallest absolute Gasteiger partial charge is 0.405 e. The summed E-state index contributed by atoms with van der Waals surface area (Å²) in [7, 11) is -0.778. The fourth-order valence-corrected chi connectivity index (χ4v) is 7.43. The minimum Gasteiger partial charge on any atom is -0.497 e. The van der Waals surface area contributed by atoms with Gasteiger partial charge in [-0.05, 0) is 62.4 Å². The number of ether oxygens (including phenoxy) is 1. The van der Waals surface area contributed by atoms with Crippen LogP contribution < -0.4 is 15.7 Å². The molecule has 2 N–H and O–H groups in total. The fourth-order valence-electron chi connectivity index (χ4n) is 6.09. The van der Waals surface area contributed by atoms with E-state index in [9.17, 15) is 23.1 Å². The Morgan fingerprint density at radius 3 is 2.38 bits per heavy atom. The van der Waals surface area contributed by atoms with E-state index < -0.39 is 21.7 Å². The topological polar surface area (TPSA) is 137 Å². The van der Waals surface area contributed by atoms with Crippen molar-refractivity contribution in [3.8, 4) is 16.9 Å². The highest BCUT2D eigenvalue weighted by Gasteiger charge is 2.35. The number of hydrogen-bond donors (Lipinski definition) is 2. The van der Waals surface area contributed by atoms with Crippen LogP contribution in [-0.2, 0) is 17.1 Å². The zero-order valence-corrected chi connectivity index (χ0v) is 24.3. The second kappa shape index (κ2) is 10.1. The lowest BCUT2D eigenvalue weighted by atomic mass is 9.80. The third-order valence-electron chi connectivity index (χ3n) is 8.37. The van der Waals surface area contributed by atoms with Gasteiger partial charge in [0.1, 0.15) is 5.75 Å². The second-order valence-corrected chi connectivity index (χ2v) is 12.8. The summed E-state index contributed by atoms with van der Waals surface area (Å²) in [5, 5.41) is 12.5. The first-order chi connectivity index (χ1) is 20.0. The zero-order chi connectivity index (χ0) is 29.8. The number of aromatic nitrogens is 4. The maximum Gasteiger partial charge on any atom is 0.405 e. The van der Waals surface area contributed by atoms with Crippen molar-refractivity contribution in [1.82, 2.24) is 23.4 Å². The number of carboxylic acid groups (broad SMARTS) is 1. The highest BCUT2D eigenvalue weighted by Crippen LogP contribution is 2.40. The van der Waals surface area contributed by atoms with Gasteiger partial charge in [0, 0.05) is 30.4 Å². The van der Waals surface area contributed by atoms with Crippen LogP contribution in [0.4, 0.5) is 4.79 Å². The Kier molecular flexibility index (Phi) is 6.60. The molecule has 1 aliphatic carbocycles. The molecule has 2 aromatic carbocycles. The molecule has 218 valence electrons. The summed E-state index contributed by atoms with van der Waals surface area (Å²) in [4.78, 5) is 29.9. The van der Waals surface area contributed by atoms with Gasteiger partial charge in [0.2, 0.25) is 0 Å². The van der Waals surface area contributed by atoms with Crippen molar-refractivity contribution in [2.75, 3.05) is 7.11 Å². The molecular weight excluding hydrogens is 558 g/mol. The molecule has 0 spiro atoms. The molecule has 0 bridgehead atoms. The first kappa shape index (κ1) is 27.6. The van der Waals surface area contributed by atoms with Crippen molar-refractivity contribution in [1.29, 1.82) is 0 Å². The molecule has 12 heteroatoms. The molecule has 3 aromatic heterocycles. The maximum atomic E-state index is 13.9. The van der Waals surface area contributed by atoms with Crippen molar-refractivity contribution >= 4 is 38.2 Å². The molecule has 1 fully saturated rings. The molecule has 0 unspecified atom stereocenters. The normalized spacial score (nSPS) is 19.3. The number of fused-ring (bicyclic) bond motifs is 3. The Labute approximate surface area is 242 Å². The van der Waals surface area contributed by atoms with Crippen LogP contribution in [0.1, 0.15) is 38.6 Å². The van der Waals surface area contributed by atoms with Crippen LogP contribution in [0.25, 0.3) is 33.2 Å². The molecule has 3 heterocycles. The number of pyridine rings is 1. The van der Waals surface area contributed by atoms with Crippen molar-refractivity contribution in [3.05, 3.63) is 77.5 Å². The lowest BCUT2D eigenvalue weighted by molar-refractivity contribution is 0.158. The summed E-state index contributed by atoms with van der Waals surface area (Å²) in [5.41, 5.74) is 1.91. The number of imidazole rings is 1. The van der Waals surface area contributed by atoms with Gasteiger partial charge in [0.05, 0.1) is 34.6 Å². The van der Waals surface area contributed by atoms with Crippen LogP contribution in [0, 0.1) is 0 Å². The van der Waals surface area contributed by atoms with E-state index in [-0.39, 0.29) is 22.3 Å². The maximum absolute atomic E-state index is 13.9. The molecule has 0 radical (unpaired) electrons. The average Bonchev–Trinajstić information content (AvgIpc) is 3.49. The van der Waals surface area contributed by atoms with Gasteiger partial charge in [-0.2, -0.15) is 0 Å². The van der Waals surface area contributed by atoms with E-state index in [4.69, 9.17) is 4.74 Å². The first-order valence-corrected chi connectivity index (χ1v) is 15.1. The number of nitrogens with zero attached hydrogens (tertiary/aromatic N) is 4. The molecule has 5 aromatic rings. The molecular formula is C30H31N5O6S. The number of rotatable bonds is 6. The van der Waals surface area contributed by atoms with Crippen molar-refractivity contribution in [2.45, 2.75) is 49.1 Å². The van der Waals surface area contributed by atoms with E-state index in [0.717, 1.165) is 5.56 Å². The van der Waals surface area contributed by atoms with E-state index in [0.29, 0.717) is 53.4 Å². The van der Waals surface area contributed by atoms with Gasteiger partial charge in [-0.25, -0.2) is 27.0 Å². The van der Waals surface area contributed by atoms with Gasteiger partial charge in [0.25, 0.3) is 10.0 Å². The summed E-state index contributed by atoms with van der Waals surface area (Å²) in [6.07, 6.45) is 4.28. The lowest BCUT2D eigenvalue weighted by Gasteiger charge is -2.37.